The molecule has 0 spiro atoms. The third-order valence-electron chi connectivity index (χ3n) is 4.78. The van der Waals surface area contributed by atoms with Crippen LogP contribution in [-0.2, 0) is 11.1 Å². The van der Waals surface area contributed by atoms with Crippen LogP contribution in [0.1, 0.15) is 66.3 Å². The first-order valence-electron chi connectivity index (χ1n) is 10.1. The molecule has 8 heteroatoms. The molecule has 0 fully saturated rings. The number of nitrogens with zero attached hydrogens (tertiary/aromatic N) is 6. The quantitative estimate of drug-likeness (QED) is 0.384. The topological polar surface area (TPSA) is 102 Å². The lowest BCUT2D eigenvalue weighted by atomic mass is 9.98. The number of hydrogen-bond acceptors (Lipinski definition) is 6. The molecule has 0 saturated carbocycles. The molecule has 0 aliphatic heterocycles. The van der Waals surface area contributed by atoms with Crippen molar-refractivity contribution in [3.63, 3.8) is 0 Å². The minimum absolute atomic E-state index is 0.166. The summed E-state index contributed by atoms with van der Waals surface area (Å²) in [5.74, 6) is 0.540. The van der Waals surface area contributed by atoms with E-state index in [9.17, 15) is 10.5 Å². The first-order chi connectivity index (χ1) is 13.7. The van der Waals surface area contributed by atoms with E-state index in [2.05, 4.69) is 70.3 Å². The number of rotatable bonds is 11. The van der Waals surface area contributed by atoms with Gasteiger partial charge in [-0.15, -0.1) is 0 Å². The standard InChI is InChI=1S/C21H33N6OP/c1-15(2)21(18(7)13-26-14-25-19(11-23)20(26)12-24)29(28-10-8-9-22)27(16(3)4)17(5)6/h14-18,21H,8,10,13H2,1-7H3. The van der Waals surface area contributed by atoms with E-state index in [1.165, 1.54) is 0 Å². The molecule has 158 valence electrons. The smallest absolute Gasteiger partial charge is 0.176 e. The summed E-state index contributed by atoms with van der Waals surface area (Å²) in [6.45, 7) is 16.3. The maximum Gasteiger partial charge on any atom is 0.176 e. The monoisotopic (exact) mass is 416 g/mol. The molecule has 1 aromatic heterocycles. The van der Waals surface area contributed by atoms with Gasteiger partial charge in [0.25, 0.3) is 0 Å². The van der Waals surface area contributed by atoms with Gasteiger partial charge in [0.05, 0.1) is 25.4 Å². The Kier molecular flexibility index (Phi) is 10.3. The molecule has 3 unspecified atom stereocenters. The minimum atomic E-state index is -0.963. The highest BCUT2D eigenvalue weighted by atomic mass is 31.2. The Morgan fingerprint density at radius 1 is 1.07 bits per heavy atom. The normalized spacial score (nSPS) is 14.6. The molecule has 1 aromatic rings. The summed E-state index contributed by atoms with van der Waals surface area (Å²) in [7, 11) is -0.963. The molecule has 0 bridgehead atoms. The molecule has 0 radical (unpaired) electrons. The van der Waals surface area contributed by atoms with Gasteiger partial charge in [-0.2, -0.15) is 15.8 Å². The van der Waals surface area contributed by atoms with Crippen LogP contribution in [0.5, 0.6) is 0 Å². The van der Waals surface area contributed by atoms with Gasteiger partial charge in [0.1, 0.15) is 20.4 Å². The zero-order valence-electron chi connectivity index (χ0n) is 18.6. The van der Waals surface area contributed by atoms with Crippen LogP contribution in [0.25, 0.3) is 0 Å². The molecule has 0 N–H and O–H groups in total. The van der Waals surface area contributed by atoms with E-state index in [0.29, 0.717) is 43.3 Å². The van der Waals surface area contributed by atoms with Crippen LogP contribution in [0.3, 0.4) is 0 Å². The average molecular weight is 417 g/mol. The van der Waals surface area contributed by atoms with E-state index in [1.807, 2.05) is 6.07 Å². The van der Waals surface area contributed by atoms with Crippen LogP contribution < -0.4 is 0 Å². The predicted octanol–water partition coefficient (Wildman–Crippen LogP) is 4.65. The highest BCUT2D eigenvalue weighted by molar-refractivity contribution is 7.50. The van der Waals surface area contributed by atoms with Gasteiger partial charge in [0.2, 0.25) is 0 Å². The Bertz CT molecular complexity index is 760. The summed E-state index contributed by atoms with van der Waals surface area (Å²) in [6.07, 6.45) is 1.94. The second-order valence-corrected chi connectivity index (χ2v) is 10.1. The highest BCUT2D eigenvalue weighted by Crippen LogP contribution is 2.54. The second kappa shape index (κ2) is 11.9. The Labute approximate surface area is 176 Å². The van der Waals surface area contributed by atoms with Gasteiger partial charge in [-0.1, -0.05) is 20.8 Å². The van der Waals surface area contributed by atoms with E-state index in [0.717, 1.165) is 0 Å². The van der Waals surface area contributed by atoms with Crippen molar-refractivity contribution < 1.29 is 4.52 Å². The highest BCUT2D eigenvalue weighted by Gasteiger charge is 2.37. The van der Waals surface area contributed by atoms with E-state index in [-0.39, 0.29) is 17.3 Å². The van der Waals surface area contributed by atoms with Crippen molar-refractivity contribution in [3.8, 4) is 18.2 Å². The van der Waals surface area contributed by atoms with E-state index < -0.39 is 8.30 Å². The third kappa shape index (κ3) is 6.52. The number of imidazole rings is 1. The molecule has 0 aliphatic carbocycles. The van der Waals surface area contributed by atoms with Gasteiger partial charge >= 0.3 is 0 Å². The SMILES string of the molecule is CC(C)C(C(C)Cn1cnc(C#N)c1C#N)P(OCCC#N)N(C(C)C)C(C)C. The van der Waals surface area contributed by atoms with Crippen LogP contribution in [-0.4, -0.2) is 38.6 Å². The number of aromatic nitrogens is 2. The minimum Gasteiger partial charge on any atom is -0.342 e. The first kappa shape index (κ1) is 25.1. The molecule has 0 aliphatic rings. The molecule has 29 heavy (non-hydrogen) atoms. The van der Waals surface area contributed by atoms with Crippen LogP contribution >= 0.6 is 8.30 Å². The molecular weight excluding hydrogens is 383 g/mol. The fraction of sp³-hybridized carbons (Fsp3) is 0.714. The van der Waals surface area contributed by atoms with Crippen LogP contribution in [0.15, 0.2) is 6.33 Å². The van der Waals surface area contributed by atoms with E-state index >= 15 is 0 Å². The summed E-state index contributed by atoms with van der Waals surface area (Å²) in [4.78, 5) is 4.07. The fourth-order valence-electron chi connectivity index (χ4n) is 3.81. The van der Waals surface area contributed by atoms with Crippen molar-refractivity contribution in [1.29, 1.82) is 15.8 Å². The lowest BCUT2D eigenvalue weighted by Gasteiger charge is -2.44. The molecular formula is C21H33N6OP. The lowest BCUT2D eigenvalue weighted by Crippen LogP contribution is -2.40. The largest absolute Gasteiger partial charge is 0.342 e. The molecule has 0 saturated heterocycles. The van der Waals surface area contributed by atoms with Crippen molar-refractivity contribution in [3.05, 3.63) is 17.7 Å². The molecule has 7 nitrogen and oxygen atoms in total. The summed E-state index contributed by atoms with van der Waals surface area (Å²) in [5, 5.41) is 27.6. The van der Waals surface area contributed by atoms with Gasteiger partial charge in [0.15, 0.2) is 11.4 Å². The Balaban J connectivity index is 3.25. The average Bonchev–Trinajstić information content (AvgIpc) is 3.02. The predicted molar refractivity (Wildman–Crippen MR) is 115 cm³/mol. The summed E-state index contributed by atoms with van der Waals surface area (Å²) in [5.41, 5.74) is 0.702. The molecule has 3 atom stereocenters. The zero-order chi connectivity index (χ0) is 22.1. The second-order valence-electron chi connectivity index (χ2n) is 8.14. The van der Waals surface area contributed by atoms with Crippen molar-refractivity contribution >= 4 is 8.30 Å². The first-order valence-corrected chi connectivity index (χ1v) is 11.4. The zero-order valence-corrected chi connectivity index (χ0v) is 19.5. The van der Waals surface area contributed by atoms with E-state index in [4.69, 9.17) is 9.79 Å². The van der Waals surface area contributed by atoms with Crippen molar-refractivity contribution in [2.75, 3.05) is 6.61 Å². The van der Waals surface area contributed by atoms with Gasteiger partial charge in [-0.25, -0.2) is 4.98 Å². The van der Waals surface area contributed by atoms with Gasteiger partial charge in [0, 0.05) is 24.3 Å². The van der Waals surface area contributed by atoms with Gasteiger partial charge in [-0.3, -0.25) is 4.67 Å². The van der Waals surface area contributed by atoms with Crippen molar-refractivity contribution in [1.82, 2.24) is 14.2 Å². The maximum absolute atomic E-state index is 9.44. The molecule has 1 rings (SSSR count). The summed E-state index contributed by atoms with van der Waals surface area (Å²) in [6, 6.07) is 6.88. The van der Waals surface area contributed by atoms with Gasteiger partial charge in [-0.05, 0) is 39.5 Å². The number of nitriles is 3. The van der Waals surface area contributed by atoms with E-state index in [1.54, 1.807) is 10.9 Å². The molecule has 0 amide bonds. The van der Waals surface area contributed by atoms with Crippen LogP contribution in [0.2, 0.25) is 0 Å². The summed E-state index contributed by atoms with van der Waals surface area (Å²) >= 11 is 0. The third-order valence-corrected chi connectivity index (χ3v) is 8.22. The summed E-state index contributed by atoms with van der Waals surface area (Å²) < 4.78 is 10.6. The van der Waals surface area contributed by atoms with Crippen LogP contribution in [0, 0.1) is 45.8 Å². The lowest BCUT2D eigenvalue weighted by molar-refractivity contribution is 0.234. The molecule has 1 heterocycles. The van der Waals surface area contributed by atoms with Crippen LogP contribution in [0.4, 0.5) is 0 Å². The maximum atomic E-state index is 9.44. The van der Waals surface area contributed by atoms with Gasteiger partial charge < -0.3 is 9.09 Å². The molecule has 0 aromatic carbocycles. The number of hydrogen-bond donors (Lipinski definition) is 0. The Morgan fingerprint density at radius 3 is 2.14 bits per heavy atom. The fourth-order valence-corrected chi connectivity index (χ4v) is 6.65. The van der Waals surface area contributed by atoms with Crippen molar-refractivity contribution in [2.24, 2.45) is 11.8 Å². The Morgan fingerprint density at radius 2 is 1.69 bits per heavy atom. The van der Waals surface area contributed by atoms with Crippen molar-refractivity contribution in [2.45, 2.75) is 79.2 Å². The Hall–Kier alpha value is -1.97.